The van der Waals surface area contributed by atoms with Crippen LogP contribution in [0.4, 0.5) is 17.6 Å². The molecule has 0 saturated carbocycles. The molecule has 0 aliphatic rings. The van der Waals surface area contributed by atoms with Crippen LogP contribution in [0.1, 0.15) is 17.2 Å². The molecule has 0 amide bonds. The van der Waals surface area contributed by atoms with Crippen molar-refractivity contribution in [2.45, 2.75) is 24.0 Å². The van der Waals surface area contributed by atoms with Crippen molar-refractivity contribution in [1.82, 2.24) is 9.29 Å². The normalized spacial score (nSPS) is 14.0. The van der Waals surface area contributed by atoms with Crippen molar-refractivity contribution in [1.29, 1.82) is 0 Å². The predicted octanol–water partition coefficient (Wildman–Crippen LogP) is 3.45. The molecule has 0 bridgehead atoms. The highest BCUT2D eigenvalue weighted by Gasteiger charge is 2.47. The van der Waals surface area contributed by atoms with E-state index in [2.05, 4.69) is 4.98 Å². The van der Waals surface area contributed by atoms with Gasteiger partial charge in [0, 0.05) is 13.2 Å². The molecule has 0 aliphatic heterocycles. The molecule has 1 atom stereocenters. The minimum Gasteiger partial charge on any atom is -0.260 e. The molecular weight excluding hydrogens is 348 g/mol. The quantitative estimate of drug-likeness (QED) is 0.783. The number of benzene rings is 1. The molecule has 24 heavy (non-hydrogen) atoms. The second-order valence-electron chi connectivity index (χ2n) is 5.21. The van der Waals surface area contributed by atoms with E-state index in [4.69, 9.17) is 0 Å². The summed E-state index contributed by atoms with van der Waals surface area (Å²) >= 11 is 0. The van der Waals surface area contributed by atoms with E-state index < -0.39 is 33.0 Å². The van der Waals surface area contributed by atoms with Crippen molar-refractivity contribution in [3.05, 3.63) is 59.7 Å². The number of halogens is 4. The summed E-state index contributed by atoms with van der Waals surface area (Å²) in [4.78, 5) is 2.73. The van der Waals surface area contributed by atoms with Gasteiger partial charge in [-0.1, -0.05) is 29.8 Å². The standard InChI is InChI=1S/C15H14F4N2O2S/c1-10-3-5-11(6-4-10)14(15(17,18)19)21(2)24(22,23)13-7-12(16)8-20-9-13/h3-9,14H,1-2H3. The van der Waals surface area contributed by atoms with Crippen LogP contribution in [0, 0.1) is 12.7 Å². The molecule has 1 heterocycles. The number of hydrogen-bond donors (Lipinski definition) is 0. The lowest BCUT2D eigenvalue weighted by Crippen LogP contribution is -2.39. The fraction of sp³-hybridized carbons (Fsp3) is 0.267. The van der Waals surface area contributed by atoms with Gasteiger partial charge in [0.05, 0.1) is 6.20 Å². The minimum absolute atomic E-state index is 0.175. The third-order valence-electron chi connectivity index (χ3n) is 3.42. The molecule has 0 saturated heterocycles. The SMILES string of the molecule is Cc1ccc(C(N(C)S(=O)(=O)c2cncc(F)c2)C(F)(F)F)cc1. The Hall–Kier alpha value is -2.00. The molecule has 2 rings (SSSR count). The largest absolute Gasteiger partial charge is 0.409 e. The van der Waals surface area contributed by atoms with Crippen LogP contribution in [0.5, 0.6) is 0 Å². The molecule has 0 fully saturated rings. The molecule has 2 aromatic rings. The van der Waals surface area contributed by atoms with E-state index in [1.165, 1.54) is 24.3 Å². The summed E-state index contributed by atoms with van der Waals surface area (Å²) < 4.78 is 78.7. The van der Waals surface area contributed by atoms with Gasteiger partial charge in [-0.15, -0.1) is 0 Å². The average molecular weight is 362 g/mol. The summed E-state index contributed by atoms with van der Waals surface area (Å²) in [5, 5.41) is 0. The molecule has 1 aromatic heterocycles. The number of aromatic nitrogens is 1. The van der Waals surface area contributed by atoms with E-state index in [0.717, 1.165) is 25.0 Å². The lowest BCUT2D eigenvalue weighted by atomic mass is 10.1. The molecule has 130 valence electrons. The highest BCUT2D eigenvalue weighted by Crippen LogP contribution is 2.39. The molecule has 4 nitrogen and oxygen atoms in total. The van der Waals surface area contributed by atoms with Crippen molar-refractivity contribution in [2.24, 2.45) is 0 Å². The Balaban J connectivity index is 2.52. The lowest BCUT2D eigenvalue weighted by molar-refractivity contribution is -0.171. The Labute approximate surface area is 136 Å². The van der Waals surface area contributed by atoms with Gasteiger partial charge >= 0.3 is 6.18 Å². The maximum Gasteiger partial charge on any atom is 0.409 e. The van der Waals surface area contributed by atoms with Crippen LogP contribution in [0.2, 0.25) is 0 Å². The number of aryl methyl sites for hydroxylation is 1. The Bertz CT molecular complexity index is 820. The van der Waals surface area contributed by atoms with Crippen molar-refractivity contribution >= 4 is 10.0 Å². The Kier molecular flexibility index (Phi) is 4.95. The molecule has 1 unspecified atom stereocenters. The molecular formula is C15H14F4N2O2S. The van der Waals surface area contributed by atoms with E-state index in [1.54, 1.807) is 6.92 Å². The fourth-order valence-electron chi connectivity index (χ4n) is 2.19. The third-order valence-corrected chi connectivity index (χ3v) is 5.21. The van der Waals surface area contributed by atoms with Crippen molar-refractivity contribution in [3.63, 3.8) is 0 Å². The maximum absolute atomic E-state index is 13.5. The zero-order valence-electron chi connectivity index (χ0n) is 12.7. The fourth-order valence-corrected chi connectivity index (χ4v) is 3.50. The van der Waals surface area contributed by atoms with Crippen LogP contribution < -0.4 is 0 Å². The van der Waals surface area contributed by atoms with Crippen LogP contribution >= 0.6 is 0 Å². The smallest absolute Gasteiger partial charge is 0.260 e. The Morgan fingerprint density at radius 2 is 1.71 bits per heavy atom. The van der Waals surface area contributed by atoms with E-state index in [1.807, 2.05) is 0 Å². The van der Waals surface area contributed by atoms with Gasteiger partial charge < -0.3 is 0 Å². The first-order valence-corrected chi connectivity index (χ1v) is 8.19. The second kappa shape index (κ2) is 6.48. The minimum atomic E-state index is -4.85. The van der Waals surface area contributed by atoms with Crippen LogP contribution in [-0.2, 0) is 10.0 Å². The molecule has 9 heteroatoms. The van der Waals surface area contributed by atoms with Crippen molar-refractivity contribution in [2.75, 3.05) is 7.05 Å². The van der Waals surface area contributed by atoms with Crippen molar-refractivity contribution in [3.8, 4) is 0 Å². The van der Waals surface area contributed by atoms with E-state index >= 15 is 0 Å². The number of sulfonamides is 1. The average Bonchev–Trinajstić information content (AvgIpc) is 2.48. The lowest BCUT2D eigenvalue weighted by Gasteiger charge is -2.29. The van der Waals surface area contributed by atoms with Gasteiger partial charge in [0.1, 0.15) is 16.8 Å². The second-order valence-corrected chi connectivity index (χ2v) is 7.21. The van der Waals surface area contributed by atoms with Gasteiger partial charge in [-0.3, -0.25) is 4.98 Å². The van der Waals surface area contributed by atoms with Crippen LogP contribution in [0.15, 0.2) is 47.6 Å². The van der Waals surface area contributed by atoms with Gasteiger partial charge in [0.25, 0.3) is 0 Å². The van der Waals surface area contributed by atoms with Crippen LogP contribution in [-0.4, -0.2) is 30.9 Å². The summed E-state index contributed by atoms with van der Waals surface area (Å²) in [6, 6.07) is 3.57. The van der Waals surface area contributed by atoms with Crippen LogP contribution in [0.3, 0.4) is 0 Å². The van der Waals surface area contributed by atoms with E-state index in [-0.39, 0.29) is 9.87 Å². The first kappa shape index (κ1) is 18.3. The molecule has 0 radical (unpaired) electrons. The summed E-state index contributed by atoms with van der Waals surface area (Å²) in [5.74, 6) is -0.955. The Morgan fingerprint density at radius 1 is 1.12 bits per heavy atom. The van der Waals surface area contributed by atoms with Crippen LogP contribution in [0.25, 0.3) is 0 Å². The van der Waals surface area contributed by atoms with Gasteiger partial charge in [-0.2, -0.15) is 17.5 Å². The van der Waals surface area contributed by atoms with Gasteiger partial charge in [0.2, 0.25) is 10.0 Å². The number of hydrogen-bond acceptors (Lipinski definition) is 3. The summed E-state index contributed by atoms with van der Waals surface area (Å²) in [6.07, 6.45) is -3.28. The van der Waals surface area contributed by atoms with E-state index in [9.17, 15) is 26.0 Å². The number of rotatable bonds is 4. The van der Waals surface area contributed by atoms with Gasteiger partial charge in [0.15, 0.2) is 0 Å². The van der Waals surface area contributed by atoms with Crippen molar-refractivity contribution < 1.29 is 26.0 Å². The first-order chi connectivity index (χ1) is 11.0. The monoisotopic (exact) mass is 362 g/mol. The molecule has 0 spiro atoms. The number of nitrogens with zero attached hydrogens (tertiary/aromatic N) is 2. The summed E-state index contributed by atoms with van der Waals surface area (Å²) in [5.41, 5.74) is 0.503. The highest BCUT2D eigenvalue weighted by molar-refractivity contribution is 7.89. The zero-order valence-corrected chi connectivity index (χ0v) is 13.6. The zero-order chi connectivity index (χ0) is 18.1. The molecule has 1 aromatic carbocycles. The maximum atomic E-state index is 13.5. The summed E-state index contributed by atoms with van der Waals surface area (Å²) in [6.45, 7) is 1.70. The first-order valence-electron chi connectivity index (χ1n) is 6.75. The molecule has 0 N–H and O–H groups in total. The third kappa shape index (κ3) is 3.73. The highest BCUT2D eigenvalue weighted by atomic mass is 32.2. The molecule has 0 aliphatic carbocycles. The summed E-state index contributed by atoms with van der Waals surface area (Å²) in [7, 11) is -3.79. The number of pyridine rings is 1. The predicted molar refractivity (Wildman–Crippen MR) is 79.1 cm³/mol. The van der Waals surface area contributed by atoms with Gasteiger partial charge in [-0.25, -0.2) is 12.8 Å². The van der Waals surface area contributed by atoms with E-state index in [0.29, 0.717) is 6.07 Å². The number of alkyl halides is 3. The van der Waals surface area contributed by atoms with Gasteiger partial charge in [-0.05, 0) is 18.6 Å². The topological polar surface area (TPSA) is 50.3 Å². The Morgan fingerprint density at radius 3 is 2.21 bits per heavy atom.